The van der Waals surface area contributed by atoms with Crippen LogP contribution in [-0.4, -0.2) is 72.1 Å². The first-order chi connectivity index (χ1) is 14.5. The molecule has 0 aromatic carbocycles. The van der Waals surface area contributed by atoms with E-state index in [1.807, 2.05) is 13.8 Å². The van der Waals surface area contributed by atoms with E-state index in [0.29, 0.717) is 6.61 Å². The fourth-order valence-electron chi connectivity index (χ4n) is 4.76. The standard InChI is InChI=1S/C26H52N2O4/c1-20(2)32-26(9,10)19-23(3,4)27-22(29)21-13-12-16-28(21)17-14-25(7,8)31-18-15-24(5,6)30-11/h20-21H,12-19H2,1-11H3,(H,27,29). The maximum Gasteiger partial charge on any atom is 0.237 e. The first-order valence-electron chi connectivity index (χ1n) is 12.4. The van der Waals surface area contributed by atoms with Crippen LogP contribution in [0.5, 0.6) is 0 Å². The van der Waals surface area contributed by atoms with Crippen molar-refractivity contribution in [1.82, 2.24) is 10.2 Å². The number of methoxy groups -OCH3 is 1. The molecule has 1 rings (SSSR count). The number of carbonyl (C=O) groups excluding carboxylic acids is 1. The minimum atomic E-state index is -0.333. The van der Waals surface area contributed by atoms with E-state index in [0.717, 1.165) is 45.2 Å². The van der Waals surface area contributed by atoms with Gasteiger partial charge in [-0.05, 0) is 108 Å². The SMILES string of the molecule is COC(C)(C)CCOC(C)(C)CCN1CCCC1C(=O)NC(C)(C)CC(C)(C)OC(C)C. The second kappa shape index (κ2) is 11.6. The largest absolute Gasteiger partial charge is 0.379 e. The van der Waals surface area contributed by atoms with Gasteiger partial charge in [-0.1, -0.05) is 0 Å². The number of likely N-dealkylation sites (tertiary alicyclic amines) is 1. The van der Waals surface area contributed by atoms with Crippen molar-refractivity contribution in [3.05, 3.63) is 0 Å². The molecule has 0 aliphatic carbocycles. The Hall–Kier alpha value is -0.690. The van der Waals surface area contributed by atoms with Gasteiger partial charge in [0.15, 0.2) is 0 Å². The van der Waals surface area contributed by atoms with E-state index in [4.69, 9.17) is 14.2 Å². The number of hydrogen-bond acceptors (Lipinski definition) is 5. The molecule has 1 N–H and O–H groups in total. The lowest BCUT2D eigenvalue weighted by atomic mass is 9.88. The molecule has 0 radical (unpaired) electrons. The van der Waals surface area contributed by atoms with E-state index in [-0.39, 0.29) is 40.4 Å². The van der Waals surface area contributed by atoms with Crippen LogP contribution in [0, 0.1) is 0 Å². The lowest BCUT2D eigenvalue weighted by Gasteiger charge is -2.38. The highest BCUT2D eigenvalue weighted by atomic mass is 16.5. The summed E-state index contributed by atoms with van der Waals surface area (Å²) in [6, 6.07) is -0.0633. The summed E-state index contributed by atoms with van der Waals surface area (Å²) in [4.78, 5) is 15.5. The monoisotopic (exact) mass is 456 g/mol. The third kappa shape index (κ3) is 11.0. The van der Waals surface area contributed by atoms with Gasteiger partial charge in [-0.2, -0.15) is 0 Å². The van der Waals surface area contributed by atoms with Gasteiger partial charge in [0.25, 0.3) is 0 Å². The number of nitrogens with zero attached hydrogens (tertiary/aromatic N) is 1. The molecule has 1 atom stereocenters. The zero-order chi connectivity index (χ0) is 24.8. The molecule has 1 aliphatic heterocycles. The quantitative estimate of drug-likeness (QED) is 0.401. The summed E-state index contributed by atoms with van der Waals surface area (Å²) in [5.74, 6) is 0.133. The topological polar surface area (TPSA) is 60.0 Å². The maximum atomic E-state index is 13.2. The highest BCUT2D eigenvalue weighted by Crippen LogP contribution is 2.27. The molecule has 1 fully saturated rings. The van der Waals surface area contributed by atoms with Crippen LogP contribution in [0.3, 0.4) is 0 Å². The van der Waals surface area contributed by atoms with E-state index in [1.165, 1.54) is 0 Å². The number of rotatable bonds is 14. The zero-order valence-electron chi connectivity index (χ0n) is 22.9. The van der Waals surface area contributed by atoms with Gasteiger partial charge in [0.1, 0.15) is 0 Å². The Morgan fingerprint density at radius 1 is 1.00 bits per heavy atom. The molecular weight excluding hydrogens is 404 g/mol. The van der Waals surface area contributed by atoms with Crippen LogP contribution < -0.4 is 5.32 Å². The van der Waals surface area contributed by atoms with E-state index in [2.05, 4.69) is 65.6 Å². The Morgan fingerprint density at radius 2 is 1.62 bits per heavy atom. The van der Waals surface area contributed by atoms with Gasteiger partial charge in [-0.3, -0.25) is 9.69 Å². The van der Waals surface area contributed by atoms with Crippen molar-refractivity contribution in [2.24, 2.45) is 0 Å². The molecular formula is C26H52N2O4. The molecule has 6 nitrogen and oxygen atoms in total. The average molecular weight is 457 g/mol. The highest BCUT2D eigenvalue weighted by Gasteiger charge is 2.37. The van der Waals surface area contributed by atoms with Crippen LogP contribution in [0.1, 0.15) is 101 Å². The van der Waals surface area contributed by atoms with Gasteiger partial charge in [0.2, 0.25) is 5.91 Å². The summed E-state index contributed by atoms with van der Waals surface area (Å²) in [6.45, 7) is 23.4. The molecule has 1 heterocycles. The van der Waals surface area contributed by atoms with Gasteiger partial charge in [-0.15, -0.1) is 0 Å². The molecule has 0 aromatic rings. The molecule has 0 saturated carbocycles. The Morgan fingerprint density at radius 3 is 2.19 bits per heavy atom. The first kappa shape index (κ1) is 29.3. The van der Waals surface area contributed by atoms with E-state index >= 15 is 0 Å². The average Bonchev–Trinajstić information content (AvgIpc) is 3.05. The van der Waals surface area contributed by atoms with E-state index in [9.17, 15) is 4.79 Å². The second-order valence-electron chi connectivity index (χ2n) is 12.2. The Kier molecular flexibility index (Phi) is 10.7. The summed E-state index contributed by atoms with van der Waals surface area (Å²) in [5, 5.41) is 3.31. The van der Waals surface area contributed by atoms with Crippen LogP contribution in [0.25, 0.3) is 0 Å². The molecule has 0 spiro atoms. The van der Waals surface area contributed by atoms with Gasteiger partial charge in [0, 0.05) is 19.2 Å². The van der Waals surface area contributed by atoms with Crippen LogP contribution in [0.2, 0.25) is 0 Å². The molecule has 1 amide bonds. The number of amides is 1. The molecule has 0 aromatic heterocycles. The fourth-order valence-corrected chi connectivity index (χ4v) is 4.76. The van der Waals surface area contributed by atoms with Crippen LogP contribution >= 0.6 is 0 Å². The van der Waals surface area contributed by atoms with Crippen LogP contribution in [-0.2, 0) is 19.0 Å². The van der Waals surface area contributed by atoms with Crippen molar-refractivity contribution in [2.75, 3.05) is 26.8 Å². The lowest BCUT2D eigenvalue weighted by molar-refractivity contribution is -0.129. The van der Waals surface area contributed by atoms with Crippen molar-refractivity contribution in [1.29, 1.82) is 0 Å². The normalized spacial score (nSPS) is 19.1. The molecule has 190 valence electrons. The van der Waals surface area contributed by atoms with Gasteiger partial charge in [-0.25, -0.2) is 0 Å². The van der Waals surface area contributed by atoms with Gasteiger partial charge >= 0.3 is 0 Å². The first-order valence-corrected chi connectivity index (χ1v) is 12.4. The maximum absolute atomic E-state index is 13.2. The number of nitrogens with one attached hydrogen (secondary N) is 1. The molecule has 32 heavy (non-hydrogen) atoms. The molecule has 1 unspecified atom stereocenters. The minimum absolute atomic E-state index is 0.0633. The van der Waals surface area contributed by atoms with Crippen molar-refractivity contribution in [3.8, 4) is 0 Å². The lowest BCUT2D eigenvalue weighted by Crippen LogP contribution is -2.54. The van der Waals surface area contributed by atoms with Crippen molar-refractivity contribution < 1.29 is 19.0 Å². The Labute approximate surface area is 198 Å². The smallest absolute Gasteiger partial charge is 0.237 e. The Bertz CT molecular complexity index is 584. The van der Waals surface area contributed by atoms with Gasteiger partial charge < -0.3 is 19.5 Å². The Balaban J connectivity index is 2.58. The molecule has 0 bridgehead atoms. The predicted octanol–water partition coefficient (Wildman–Crippen LogP) is 4.94. The van der Waals surface area contributed by atoms with E-state index in [1.54, 1.807) is 7.11 Å². The van der Waals surface area contributed by atoms with Crippen LogP contribution in [0.4, 0.5) is 0 Å². The molecule has 1 aliphatic rings. The summed E-state index contributed by atoms with van der Waals surface area (Å²) in [5.41, 5.74) is -1.03. The summed E-state index contributed by atoms with van der Waals surface area (Å²) in [6.07, 6.45) is 4.64. The predicted molar refractivity (Wildman–Crippen MR) is 132 cm³/mol. The summed E-state index contributed by atoms with van der Waals surface area (Å²) < 4.78 is 17.7. The number of ether oxygens (including phenoxy) is 3. The summed E-state index contributed by atoms with van der Waals surface area (Å²) >= 11 is 0. The number of hydrogen-bond donors (Lipinski definition) is 1. The van der Waals surface area contributed by atoms with Crippen molar-refractivity contribution in [2.45, 2.75) is 136 Å². The fraction of sp³-hybridized carbons (Fsp3) is 0.962. The number of carbonyl (C=O) groups is 1. The second-order valence-corrected chi connectivity index (χ2v) is 12.2. The zero-order valence-corrected chi connectivity index (χ0v) is 22.9. The molecule has 6 heteroatoms. The molecule has 1 saturated heterocycles. The van der Waals surface area contributed by atoms with Gasteiger partial charge in [0.05, 0.1) is 35.6 Å². The highest BCUT2D eigenvalue weighted by molar-refractivity contribution is 5.82. The summed E-state index contributed by atoms with van der Waals surface area (Å²) in [7, 11) is 1.74. The third-order valence-electron chi connectivity index (χ3n) is 6.30. The van der Waals surface area contributed by atoms with Crippen LogP contribution in [0.15, 0.2) is 0 Å². The van der Waals surface area contributed by atoms with Crippen molar-refractivity contribution in [3.63, 3.8) is 0 Å². The third-order valence-corrected chi connectivity index (χ3v) is 6.30. The minimum Gasteiger partial charge on any atom is -0.379 e. The van der Waals surface area contributed by atoms with Crippen molar-refractivity contribution >= 4 is 5.91 Å². The van der Waals surface area contributed by atoms with E-state index < -0.39 is 0 Å².